The van der Waals surface area contributed by atoms with Crippen LogP contribution < -0.4 is 5.73 Å². The van der Waals surface area contributed by atoms with Gasteiger partial charge in [-0.05, 0) is 0 Å². The fraction of sp³-hybridized carbons (Fsp3) is 0.750. The summed E-state index contributed by atoms with van der Waals surface area (Å²) in [4.78, 5) is 21.6. The molecule has 0 aromatic carbocycles. The van der Waals surface area contributed by atoms with Gasteiger partial charge in [0.2, 0.25) is 0 Å². The van der Waals surface area contributed by atoms with Gasteiger partial charge in [-0.15, -0.1) is 0 Å². The van der Waals surface area contributed by atoms with Crippen molar-refractivity contribution in [1.29, 1.82) is 0 Å². The van der Waals surface area contributed by atoms with Gasteiger partial charge in [-0.3, -0.25) is 9.59 Å². The lowest BCUT2D eigenvalue weighted by Crippen LogP contribution is -2.60. The standard InChI is InChI=1S/C8H11NO6/c9-8(7(14)15)3-1(2(3)6(12)13)4(10)5(8)11/h1-5,10-11H,9H2,(H,12,13)(H,14,15)/t1-,2+,3-,4?,5?,8-/m0/s1. The van der Waals surface area contributed by atoms with Crippen LogP contribution in [-0.2, 0) is 9.59 Å². The van der Waals surface area contributed by atoms with Gasteiger partial charge in [0, 0.05) is 11.8 Å². The SMILES string of the molecule is N[C@]1(C(=O)O)C(O)C(O)[C@H]2[C@@H](C(=O)O)[C@H]21. The van der Waals surface area contributed by atoms with Gasteiger partial charge in [0.25, 0.3) is 0 Å². The van der Waals surface area contributed by atoms with Gasteiger partial charge in [-0.2, -0.15) is 0 Å². The van der Waals surface area contributed by atoms with E-state index >= 15 is 0 Å². The van der Waals surface area contributed by atoms with Gasteiger partial charge in [0.1, 0.15) is 11.6 Å². The Kier molecular flexibility index (Phi) is 1.85. The van der Waals surface area contributed by atoms with Crippen LogP contribution in [0.4, 0.5) is 0 Å². The number of aliphatic hydroxyl groups excluding tert-OH is 2. The minimum Gasteiger partial charge on any atom is -0.481 e. The number of fused-ring (bicyclic) bond motifs is 1. The highest BCUT2D eigenvalue weighted by molar-refractivity contribution is 5.86. The largest absolute Gasteiger partial charge is 0.481 e. The normalized spacial score (nSPS) is 52.3. The number of carboxylic acids is 2. The zero-order chi connectivity index (χ0) is 11.5. The molecule has 0 aliphatic heterocycles. The van der Waals surface area contributed by atoms with E-state index < -0.39 is 47.4 Å². The van der Waals surface area contributed by atoms with Crippen molar-refractivity contribution in [1.82, 2.24) is 0 Å². The third kappa shape index (κ3) is 0.996. The molecule has 7 heteroatoms. The second-order valence-electron chi connectivity index (χ2n) is 4.14. The lowest BCUT2D eigenvalue weighted by Gasteiger charge is -2.28. The van der Waals surface area contributed by atoms with Crippen LogP contribution in [-0.4, -0.2) is 50.1 Å². The van der Waals surface area contributed by atoms with Crippen molar-refractivity contribution in [2.75, 3.05) is 0 Å². The van der Waals surface area contributed by atoms with Crippen molar-refractivity contribution >= 4 is 11.9 Å². The molecule has 0 aromatic heterocycles. The summed E-state index contributed by atoms with van der Waals surface area (Å²) in [7, 11) is 0. The first-order chi connectivity index (χ1) is 6.83. The van der Waals surface area contributed by atoms with Crippen molar-refractivity contribution in [3.63, 3.8) is 0 Å². The summed E-state index contributed by atoms with van der Waals surface area (Å²) in [5.41, 5.74) is 3.43. The van der Waals surface area contributed by atoms with Crippen LogP contribution in [0.1, 0.15) is 0 Å². The molecule has 0 spiro atoms. The van der Waals surface area contributed by atoms with E-state index in [1.54, 1.807) is 0 Å². The summed E-state index contributed by atoms with van der Waals surface area (Å²) in [5.74, 6) is -5.28. The molecule has 84 valence electrons. The van der Waals surface area contributed by atoms with Gasteiger partial charge in [0.05, 0.1) is 12.0 Å². The molecule has 15 heavy (non-hydrogen) atoms. The van der Waals surface area contributed by atoms with E-state index in [4.69, 9.17) is 15.9 Å². The molecule has 0 heterocycles. The van der Waals surface area contributed by atoms with Crippen LogP contribution in [0.25, 0.3) is 0 Å². The Bertz CT molecular complexity index is 344. The zero-order valence-corrected chi connectivity index (χ0v) is 7.57. The van der Waals surface area contributed by atoms with Crippen molar-refractivity contribution < 1.29 is 30.0 Å². The second kappa shape index (κ2) is 2.69. The minimum atomic E-state index is -2.05. The Morgan fingerprint density at radius 3 is 2.13 bits per heavy atom. The van der Waals surface area contributed by atoms with Crippen LogP contribution in [0, 0.1) is 17.8 Å². The molecule has 2 unspecified atom stereocenters. The topological polar surface area (TPSA) is 141 Å². The number of carbonyl (C=O) groups is 2. The first kappa shape index (κ1) is 10.3. The highest BCUT2D eigenvalue weighted by atomic mass is 16.4. The van der Waals surface area contributed by atoms with E-state index in [0.717, 1.165) is 0 Å². The van der Waals surface area contributed by atoms with Crippen LogP contribution in [0.15, 0.2) is 0 Å². The number of carboxylic acid groups (broad SMARTS) is 2. The predicted molar refractivity (Wildman–Crippen MR) is 44.7 cm³/mol. The van der Waals surface area contributed by atoms with Crippen LogP contribution in [0.2, 0.25) is 0 Å². The lowest BCUT2D eigenvalue weighted by atomic mass is 9.88. The second-order valence-corrected chi connectivity index (χ2v) is 4.14. The molecule has 0 saturated heterocycles. The van der Waals surface area contributed by atoms with Crippen molar-refractivity contribution in [2.45, 2.75) is 17.7 Å². The Labute approximate surface area is 84.1 Å². The monoisotopic (exact) mass is 217 g/mol. The maximum atomic E-state index is 10.9. The predicted octanol–water partition coefficient (Wildman–Crippen LogP) is -2.55. The van der Waals surface area contributed by atoms with E-state index in [1.807, 2.05) is 0 Å². The summed E-state index contributed by atoms with van der Waals surface area (Å²) in [5, 5.41) is 36.5. The molecule has 0 radical (unpaired) electrons. The molecular formula is C8H11NO6. The Balaban J connectivity index is 2.34. The van der Waals surface area contributed by atoms with Gasteiger partial charge < -0.3 is 26.2 Å². The number of aliphatic carboxylic acids is 2. The van der Waals surface area contributed by atoms with E-state index in [2.05, 4.69) is 0 Å². The smallest absolute Gasteiger partial charge is 0.326 e. The number of nitrogens with two attached hydrogens (primary N) is 1. The summed E-state index contributed by atoms with van der Waals surface area (Å²) in [6.45, 7) is 0. The third-order valence-electron chi connectivity index (χ3n) is 3.49. The van der Waals surface area contributed by atoms with Crippen molar-refractivity contribution in [3.8, 4) is 0 Å². The van der Waals surface area contributed by atoms with E-state index in [0.29, 0.717) is 0 Å². The fourth-order valence-corrected chi connectivity index (χ4v) is 2.65. The number of hydrogen-bond acceptors (Lipinski definition) is 5. The van der Waals surface area contributed by atoms with Gasteiger partial charge in [0.15, 0.2) is 0 Å². The molecule has 2 rings (SSSR count). The van der Waals surface area contributed by atoms with E-state index in [-0.39, 0.29) is 0 Å². The minimum absolute atomic E-state index is 0.751. The molecule has 6 atom stereocenters. The maximum Gasteiger partial charge on any atom is 0.326 e. The van der Waals surface area contributed by atoms with Crippen LogP contribution in [0.3, 0.4) is 0 Å². The van der Waals surface area contributed by atoms with E-state index in [1.165, 1.54) is 0 Å². The number of rotatable bonds is 2. The van der Waals surface area contributed by atoms with Gasteiger partial charge >= 0.3 is 11.9 Å². The lowest BCUT2D eigenvalue weighted by molar-refractivity contribution is -0.152. The molecule has 2 saturated carbocycles. The maximum absolute atomic E-state index is 10.9. The van der Waals surface area contributed by atoms with E-state index in [9.17, 15) is 19.8 Å². The molecule has 7 nitrogen and oxygen atoms in total. The molecule has 0 aromatic rings. The molecule has 0 amide bonds. The van der Waals surface area contributed by atoms with Crippen LogP contribution >= 0.6 is 0 Å². The van der Waals surface area contributed by atoms with Crippen LogP contribution in [0.5, 0.6) is 0 Å². The molecule has 2 fully saturated rings. The van der Waals surface area contributed by atoms with Gasteiger partial charge in [-0.1, -0.05) is 0 Å². The highest BCUT2D eigenvalue weighted by Crippen LogP contribution is 2.61. The third-order valence-corrected chi connectivity index (χ3v) is 3.49. The average molecular weight is 217 g/mol. The summed E-state index contributed by atoms with van der Waals surface area (Å²) < 4.78 is 0. The Morgan fingerprint density at radius 2 is 1.73 bits per heavy atom. The molecule has 2 aliphatic carbocycles. The summed E-state index contributed by atoms with van der Waals surface area (Å²) >= 11 is 0. The number of aliphatic hydroxyl groups is 2. The number of hydrogen-bond donors (Lipinski definition) is 5. The first-order valence-corrected chi connectivity index (χ1v) is 4.44. The fourth-order valence-electron chi connectivity index (χ4n) is 2.65. The zero-order valence-electron chi connectivity index (χ0n) is 7.57. The molecular weight excluding hydrogens is 206 g/mol. The average Bonchev–Trinajstić information content (AvgIpc) is 2.84. The Morgan fingerprint density at radius 1 is 1.20 bits per heavy atom. The Hall–Kier alpha value is -1.18. The quantitative estimate of drug-likeness (QED) is 0.343. The first-order valence-electron chi connectivity index (χ1n) is 4.44. The summed E-state index contributed by atoms with van der Waals surface area (Å²) in [6, 6.07) is 0. The van der Waals surface area contributed by atoms with Crippen molar-refractivity contribution in [3.05, 3.63) is 0 Å². The molecule has 0 bridgehead atoms. The van der Waals surface area contributed by atoms with Gasteiger partial charge in [-0.25, -0.2) is 0 Å². The summed E-state index contributed by atoms with van der Waals surface area (Å²) in [6.07, 6.45) is -2.99. The molecule has 2 aliphatic rings. The molecule has 6 N–H and O–H groups in total. The highest BCUT2D eigenvalue weighted by Gasteiger charge is 2.77. The van der Waals surface area contributed by atoms with Crippen molar-refractivity contribution in [2.24, 2.45) is 23.5 Å².